The van der Waals surface area contributed by atoms with Crippen LogP contribution < -0.4 is 10.1 Å². The Labute approximate surface area is 191 Å². The number of benzene rings is 2. The average Bonchev–Trinajstić information content (AvgIpc) is 2.82. The number of nitrogens with zero attached hydrogens (tertiary/aromatic N) is 3. The summed E-state index contributed by atoms with van der Waals surface area (Å²) in [5, 5.41) is 13.8. The Hall–Kier alpha value is -3.85. The summed E-state index contributed by atoms with van der Waals surface area (Å²) in [4.78, 5) is 29.6. The zero-order valence-corrected chi connectivity index (χ0v) is 18.2. The molecule has 1 heterocycles. The van der Waals surface area contributed by atoms with Crippen molar-refractivity contribution >= 4 is 17.3 Å². The van der Waals surface area contributed by atoms with E-state index in [0.29, 0.717) is 31.8 Å². The Morgan fingerprint density at radius 3 is 2.61 bits per heavy atom. The Bertz CT molecular complexity index is 1080. The largest absolute Gasteiger partial charge is 0.495 e. The molecule has 0 fully saturated rings. The van der Waals surface area contributed by atoms with E-state index in [4.69, 9.17) is 4.74 Å². The van der Waals surface area contributed by atoms with Crippen LogP contribution in [0.5, 0.6) is 5.75 Å². The van der Waals surface area contributed by atoms with E-state index in [9.17, 15) is 19.3 Å². The van der Waals surface area contributed by atoms with Gasteiger partial charge in [-0.25, -0.2) is 4.39 Å². The van der Waals surface area contributed by atoms with E-state index in [1.165, 1.54) is 37.4 Å². The molecule has 1 aromatic heterocycles. The van der Waals surface area contributed by atoms with Crippen LogP contribution in [-0.4, -0.2) is 40.9 Å². The van der Waals surface area contributed by atoms with Gasteiger partial charge in [0.25, 0.3) is 5.69 Å². The van der Waals surface area contributed by atoms with Crippen LogP contribution in [0.2, 0.25) is 0 Å². The number of amides is 1. The van der Waals surface area contributed by atoms with Crippen molar-refractivity contribution in [1.29, 1.82) is 0 Å². The van der Waals surface area contributed by atoms with E-state index in [0.717, 1.165) is 11.3 Å². The quantitative estimate of drug-likeness (QED) is 0.346. The number of aromatic nitrogens is 1. The summed E-state index contributed by atoms with van der Waals surface area (Å²) in [6.45, 7) is 1.63. The number of hydrogen-bond donors (Lipinski definition) is 1. The van der Waals surface area contributed by atoms with Gasteiger partial charge in [-0.05, 0) is 35.9 Å². The Morgan fingerprint density at radius 1 is 1.15 bits per heavy atom. The molecular formula is C24H25FN4O4. The molecule has 0 radical (unpaired) electrons. The van der Waals surface area contributed by atoms with Crippen molar-refractivity contribution in [3.8, 4) is 5.75 Å². The molecule has 33 heavy (non-hydrogen) atoms. The maximum absolute atomic E-state index is 13.3. The number of methoxy groups -OCH3 is 1. The third-order valence-electron chi connectivity index (χ3n) is 5.05. The number of anilines is 1. The second-order valence-electron chi connectivity index (χ2n) is 7.41. The highest BCUT2D eigenvalue weighted by Crippen LogP contribution is 2.29. The first-order valence-electron chi connectivity index (χ1n) is 10.4. The first kappa shape index (κ1) is 23.8. The fraction of sp³-hybridized carbons (Fsp3) is 0.250. The SMILES string of the molecule is COc1ccc([N+](=O)[O-])cc1NC(=O)CCN(CCc1ccccn1)Cc1ccc(F)cc1. The van der Waals surface area contributed by atoms with Crippen LogP contribution in [0, 0.1) is 15.9 Å². The number of carbonyl (C=O) groups is 1. The summed E-state index contributed by atoms with van der Waals surface area (Å²) in [5.74, 6) is -0.257. The number of nitro benzene ring substituents is 1. The number of non-ortho nitro benzene ring substituents is 1. The zero-order valence-electron chi connectivity index (χ0n) is 18.2. The molecule has 0 aliphatic heterocycles. The van der Waals surface area contributed by atoms with E-state index in [2.05, 4.69) is 15.2 Å². The molecule has 3 aromatic rings. The lowest BCUT2D eigenvalue weighted by Gasteiger charge is -2.22. The Balaban J connectivity index is 1.64. The Morgan fingerprint density at radius 2 is 1.94 bits per heavy atom. The molecule has 0 aliphatic carbocycles. The van der Waals surface area contributed by atoms with Gasteiger partial charge in [0.2, 0.25) is 5.91 Å². The van der Waals surface area contributed by atoms with Crippen molar-refractivity contribution in [2.75, 3.05) is 25.5 Å². The minimum atomic E-state index is -0.531. The molecule has 0 atom stereocenters. The standard InChI is InChI=1S/C24H25FN4O4/c1-33-23-10-9-21(29(31)32)16-22(23)27-24(30)12-15-28(14-11-20-4-2-3-13-26-20)17-18-5-7-19(25)8-6-18/h2-10,13,16H,11-12,14-15,17H2,1H3,(H,27,30). The fourth-order valence-electron chi connectivity index (χ4n) is 3.32. The van der Waals surface area contributed by atoms with E-state index in [1.807, 2.05) is 18.2 Å². The fourth-order valence-corrected chi connectivity index (χ4v) is 3.32. The van der Waals surface area contributed by atoms with Crippen LogP contribution in [0.15, 0.2) is 66.9 Å². The van der Waals surface area contributed by atoms with Crippen LogP contribution in [0.4, 0.5) is 15.8 Å². The summed E-state index contributed by atoms with van der Waals surface area (Å²) in [7, 11) is 1.43. The van der Waals surface area contributed by atoms with Crippen molar-refractivity contribution in [3.05, 3.63) is 94.0 Å². The summed E-state index contributed by atoms with van der Waals surface area (Å²) >= 11 is 0. The average molecular weight is 452 g/mol. The van der Waals surface area contributed by atoms with Crippen LogP contribution in [0.25, 0.3) is 0 Å². The van der Waals surface area contributed by atoms with Crippen molar-refractivity contribution in [1.82, 2.24) is 9.88 Å². The van der Waals surface area contributed by atoms with Gasteiger partial charge in [0.15, 0.2) is 0 Å². The lowest BCUT2D eigenvalue weighted by atomic mass is 10.2. The smallest absolute Gasteiger partial charge is 0.271 e. The lowest BCUT2D eigenvalue weighted by Crippen LogP contribution is -2.30. The predicted octanol–water partition coefficient (Wildman–Crippen LogP) is 4.21. The van der Waals surface area contributed by atoms with E-state index < -0.39 is 4.92 Å². The number of pyridine rings is 1. The molecule has 0 saturated heterocycles. The van der Waals surface area contributed by atoms with Gasteiger partial charge in [-0.1, -0.05) is 18.2 Å². The first-order valence-corrected chi connectivity index (χ1v) is 10.4. The maximum atomic E-state index is 13.3. The van der Waals surface area contributed by atoms with Crippen LogP contribution in [0.1, 0.15) is 17.7 Å². The summed E-state index contributed by atoms with van der Waals surface area (Å²) in [5.41, 5.74) is 1.97. The van der Waals surface area contributed by atoms with Crippen molar-refractivity contribution in [2.45, 2.75) is 19.4 Å². The minimum absolute atomic E-state index is 0.139. The van der Waals surface area contributed by atoms with Crippen LogP contribution in [0.3, 0.4) is 0 Å². The zero-order chi connectivity index (χ0) is 23.6. The van der Waals surface area contributed by atoms with Gasteiger partial charge in [0, 0.05) is 56.5 Å². The summed E-state index contributed by atoms with van der Waals surface area (Å²) in [6, 6.07) is 16.0. The van der Waals surface area contributed by atoms with Gasteiger partial charge < -0.3 is 10.1 Å². The molecule has 2 aromatic carbocycles. The third kappa shape index (κ3) is 7.36. The molecular weight excluding hydrogens is 427 g/mol. The maximum Gasteiger partial charge on any atom is 0.271 e. The molecule has 9 heteroatoms. The molecule has 1 N–H and O–H groups in total. The molecule has 0 unspecified atom stereocenters. The van der Waals surface area contributed by atoms with Gasteiger partial charge in [-0.3, -0.25) is 24.8 Å². The molecule has 1 amide bonds. The number of nitrogens with one attached hydrogen (secondary N) is 1. The van der Waals surface area contributed by atoms with Gasteiger partial charge in [0.05, 0.1) is 17.7 Å². The third-order valence-corrected chi connectivity index (χ3v) is 5.05. The highest BCUT2D eigenvalue weighted by Gasteiger charge is 2.15. The molecule has 0 bridgehead atoms. The van der Waals surface area contributed by atoms with Gasteiger partial charge in [0.1, 0.15) is 11.6 Å². The van der Waals surface area contributed by atoms with Crippen LogP contribution >= 0.6 is 0 Å². The number of nitro groups is 1. The first-order chi connectivity index (χ1) is 15.9. The summed E-state index contributed by atoms with van der Waals surface area (Å²) < 4.78 is 18.5. The highest BCUT2D eigenvalue weighted by molar-refractivity contribution is 5.92. The van der Waals surface area contributed by atoms with E-state index >= 15 is 0 Å². The molecule has 0 saturated carbocycles. The van der Waals surface area contributed by atoms with Gasteiger partial charge in [-0.15, -0.1) is 0 Å². The lowest BCUT2D eigenvalue weighted by molar-refractivity contribution is -0.384. The predicted molar refractivity (Wildman–Crippen MR) is 123 cm³/mol. The molecule has 3 rings (SSSR count). The molecule has 0 aliphatic rings. The van der Waals surface area contributed by atoms with Crippen molar-refractivity contribution in [2.24, 2.45) is 0 Å². The number of carbonyl (C=O) groups excluding carboxylic acids is 1. The second kappa shape index (κ2) is 11.7. The monoisotopic (exact) mass is 452 g/mol. The van der Waals surface area contributed by atoms with E-state index in [1.54, 1.807) is 18.3 Å². The van der Waals surface area contributed by atoms with E-state index in [-0.39, 0.29) is 29.5 Å². The minimum Gasteiger partial charge on any atom is -0.495 e. The molecule has 172 valence electrons. The van der Waals surface area contributed by atoms with Crippen molar-refractivity contribution in [3.63, 3.8) is 0 Å². The Kier molecular flexibility index (Phi) is 8.43. The summed E-state index contributed by atoms with van der Waals surface area (Å²) in [6.07, 6.45) is 2.59. The van der Waals surface area contributed by atoms with Crippen molar-refractivity contribution < 1.29 is 18.8 Å². The highest BCUT2D eigenvalue weighted by atomic mass is 19.1. The van der Waals surface area contributed by atoms with Gasteiger partial charge in [-0.2, -0.15) is 0 Å². The number of ether oxygens (including phenoxy) is 1. The number of hydrogen-bond acceptors (Lipinski definition) is 6. The molecule has 0 spiro atoms. The normalized spacial score (nSPS) is 10.8. The van der Waals surface area contributed by atoms with Gasteiger partial charge >= 0.3 is 0 Å². The topological polar surface area (TPSA) is 97.6 Å². The molecule has 8 nitrogen and oxygen atoms in total. The second-order valence-corrected chi connectivity index (χ2v) is 7.41. The number of halogens is 1. The van der Waals surface area contributed by atoms with Crippen LogP contribution in [-0.2, 0) is 17.8 Å². The number of rotatable bonds is 11.